The zero-order valence-corrected chi connectivity index (χ0v) is 15.5. The molecule has 2 aromatic carbocycles. The van der Waals surface area contributed by atoms with Gasteiger partial charge < -0.3 is 5.32 Å². The molecule has 0 bridgehead atoms. The molecule has 0 radical (unpaired) electrons. The SMILES string of the molecule is O=C1C[C@@H](c2cn[nH]c2-c2ccc(F)cc2)c2cn(Cc3ccccc3)nc2N1. The Morgan fingerprint density at radius 1 is 1.07 bits per heavy atom. The maximum Gasteiger partial charge on any atom is 0.226 e. The van der Waals surface area contributed by atoms with Crippen LogP contribution in [-0.4, -0.2) is 25.9 Å². The molecule has 29 heavy (non-hydrogen) atoms. The second kappa shape index (κ2) is 7.01. The first-order chi connectivity index (χ1) is 14.2. The van der Waals surface area contributed by atoms with Crippen molar-refractivity contribution in [2.75, 3.05) is 5.32 Å². The van der Waals surface area contributed by atoms with Crippen LogP contribution < -0.4 is 5.32 Å². The smallest absolute Gasteiger partial charge is 0.226 e. The van der Waals surface area contributed by atoms with E-state index in [1.165, 1.54) is 12.1 Å². The van der Waals surface area contributed by atoms with Crippen LogP contribution in [-0.2, 0) is 11.3 Å². The normalized spacial score (nSPS) is 15.8. The second-order valence-electron chi connectivity index (χ2n) is 7.13. The lowest BCUT2D eigenvalue weighted by Gasteiger charge is -2.21. The van der Waals surface area contributed by atoms with Gasteiger partial charge in [0.15, 0.2) is 5.82 Å². The highest BCUT2D eigenvalue weighted by Crippen LogP contribution is 2.39. The minimum Gasteiger partial charge on any atom is -0.309 e. The monoisotopic (exact) mass is 387 g/mol. The summed E-state index contributed by atoms with van der Waals surface area (Å²) in [7, 11) is 0. The molecule has 0 spiro atoms. The molecule has 1 aliphatic rings. The summed E-state index contributed by atoms with van der Waals surface area (Å²) in [4.78, 5) is 12.4. The molecule has 1 atom stereocenters. The molecule has 6 nitrogen and oxygen atoms in total. The summed E-state index contributed by atoms with van der Waals surface area (Å²) >= 11 is 0. The number of hydrogen-bond acceptors (Lipinski definition) is 3. The Morgan fingerprint density at radius 3 is 2.66 bits per heavy atom. The van der Waals surface area contributed by atoms with Gasteiger partial charge in [0, 0.05) is 35.2 Å². The van der Waals surface area contributed by atoms with Crippen LogP contribution in [0, 0.1) is 5.82 Å². The molecule has 1 amide bonds. The highest BCUT2D eigenvalue weighted by Gasteiger charge is 2.32. The maximum atomic E-state index is 13.3. The molecule has 0 aliphatic carbocycles. The van der Waals surface area contributed by atoms with Gasteiger partial charge >= 0.3 is 0 Å². The van der Waals surface area contributed by atoms with Gasteiger partial charge in [-0.1, -0.05) is 30.3 Å². The number of nitrogens with one attached hydrogen (secondary N) is 2. The Hall–Kier alpha value is -3.74. The van der Waals surface area contributed by atoms with Gasteiger partial charge in [-0.05, 0) is 29.8 Å². The number of rotatable bonds is 4. The van der Waals surface area contributed by atoms with Crippen LogP contribution in [0.2, 0.25) is 0 Å². The van der Waals surface area contributed by atoms with E-state index >= 15 is 0 Å². The van der Waals surface area contributed by atoms with Crippen molar-refractivity contribution in [2.24, 2.45) is 0 Å². The number of amides is 1. The minimum absolute atomic E-state index is 0.0845. The number of halogens is 1. The van der Waals surface area contributed by atoms with Crippen LogP contribution in [0.1, 0.15) is 29.0 Å². The highest BCUT2D eigenvalue weighted by atomic mass is 19.1. The molecule has 3 heterocycles. The van der Waals surface area contributed by atoms with E-state index in [0.29, 0.717) is 18.8 Å². The van der Waals surface area contributed by atoms with Gasteiger partial charge in [0.2, 0.25) is 5.91 Å². The first-order valence-corrected chi connectivity index (χ1v) is 9.38. The van der Waals surface area contributed by atoms with E-state index in [1.807, 2.05) is 41.2 Å². The number of benzene rings is 2. The minimum atomic E-state index is -0.295. The fraction of sp³-hybridized carbons (Fsp3) is 0.136. The van der Waals surface area contributed by atoms with Crippen molar-refractivity contribution in [3.05, 3.63) is 89.5 Å². The molecule has 0 saturated carbocycles. The molecule has 0 unspecified atom stereocenters. The number of carbonyl (C=O) groups excluding carboxylic acids is 1. The number of carbonyl (C=O) groups is 1. The van der Waals surface area contributed by atoms with Crippen molar-refractivity contribution in [3.8, 4) is 11.3 Å². The standard InChI is InChI=1S/C22H18FN5O/c23-16-8-6-15(7-9-16)21-18(11-24-26-21)17-10-20(29)25-22-19(17)13-28(27-22)12-14-4-2-1-3-5-14/h1-9,11,13,17H,10,12H2,(H,24,26)(H,25,27,29)/t17-/m0/s1. The lowest BCUT2D eigenvalue weighted by Crippen LogP contribution is -2.23. The molecule has 7 heteroatoms. The quantitative estimate of drug-likeness (QED) is 0.557. The van der Waals surface area contributed by atoms with E-state index in [9.17, 15) is 9.18 Å². The average molecular weight is 387 g/mol. The Labute approximate surface area is 166 Å². The summed E-state index contributed by atoms with van der Waals surface area (Å²) in [6.07, 6.45) is 4.02. The van der Waals surface area contributed by atoms with E-state index in [0.717, 1.165) is 27.9 Å². The third-order valence-corrected chi connectivity index (χ3v) is 5.18. The van der Waals surface area contributed by atoms with E-state index in [2.05, 4.69) is 20.6 Å². The first kappa shape index (κ1) is 17.4. The third-order valence-electron chi connectivity index (χ3n) is 5.18. The average Bonchev–Trinajstić information content (AvgIpc) is 3.35. The molecule has 2 N–H and O–H groups in total. The Balaban J connectivity index is 1.53. The van der Waals surface area contributed by atoms with E-state index in [4.69, 9.17) is 0 Å². The number of fused-ring (bicyclic) bond motifs is 1. The van der Waals surface area contributed by atoms with Crippen LogP contribution >= 0.6 is 0 Å². The largest absolute Gasteiger partial charge is 0.309 e. The van der Waals surface area contributed by atoms with Gasteiger partial charge in [-0.15, -0.1) is 0 Å². The number of aromatic nitrogens is 4. The van der Waals surface area contributed by atoms with E-state index < -0.39 is 0 Å². The van der Waals surface area contributed by atoms with Gasteiger partial charge in [-0.2, -0.15) is 10.2 Å². The summed E-state index contributed by atoms with van der Waals surface area (Å²) in [6.45, 7) is 0.618. The highest BCUT2D eigenvalue weighted by molar-refractivity contribution is 5.94. The third kappa shape index (κ3) is 3.31. The summed E-state index contributed by atoms with van der Waals surface area (Å²) in [6, 6.07) is 16.3. The summed E-state index contributed by atoms with van der Waals surface area (Å²) in [5.41, 5.74) is 4.58. The van der Waals surface area contributed by atoms with Crippen molar-refractivity contribution in [2.45, 2.75) is 18.9 Å². The fourth-order valence-corrected chi connectivity index (χ4v) is 3.80. The van der Waals surface area contributed by atoms with Crippen LogP contribution in [0.4, 0.5) is 10.2 Å². The molecule has 0 saturated heterocycles. The molecule has 0 fully saturated rings. The number of H-pyrrole nitrogens is 1. The molecular formula is C22H18FN5O. The van der Waals surface area contributed by atoms with Gasteiger partial charge in [-0.25, -0.2) is 4.39 Å². The van der Waals surface area contributed by atoms with Crippen molar-refractivity contribution in [3.63, 3.8) is 0 Å². The Bertz CT molecular complexity index is 1160. The van der Waals surface area contributed by atoms with Crippen LogP contribution in [0.5, 0.6) is 0 Å². The molecule has 2 aromatic heterocycles. The lowest BCUT2D eigenvalue weighted by atomic mass is 9.86. The van der Waals surface area contributed by atoms with Crippen molar-refractivity contribution < 1.29 is 9.18 Å². The van der Waals surface area contributed by atoms with Crippen LogP contribution in [0.15, 0.2) is 67.0 Å². The molecular weight excluding hydrogens is 369 g/mol. The number of hydrogen-bond donors (Lipinski definition) is 2. The Kier molecular flexibility index (Phi) is 4.20. The predicted molar refractivity (Wildman–Crippen MR) is 107 cm³/mol. The van der Waals surface area contributed by atoms with E-state index in [-0.39, 0.29) is 17.6 Å². The lowest BCUT2D eigenvalue weighted by molar-refractivity contribution is -0.116. The molecule has 144 valence electrons. The molecule has 1 aliphatic heterocycles. The number of anilines is 1. The summed E-state index contributed by atoms with van der Waals surface area (Å²) in [5.74, 6) is 0.0190. The number of aromatic amines is 1. The van der Waals surface area contributed by atoms with Crippen molar-refractivity contribution >= 4 is 11.7 Å². The summed E-state index contributed by atoms with van der Waals surface area (Å²) < 4.78 is 15.2. The van der Waals surface area contributed by atoms with Crippen molar-refractivity contribution in [1.29, 1.82) is 0 Å². The zero-order chi connectivity index (χ0) is 19.8. The zero-order valence-electron chi connectivity index (χ0n) is 15.5. The maximum absolute atomic E-state index is 13.3. The molecule has 5 rings (SSSR count). The Morgan fingerprint density at radius 2 is 1.86 bits per heavy atom. The first-order valence-electron chi connectivity index (χ1n) is 9.38. The summed E-state index contributed by atoms with van der Waals surface area (Å²) in [5, 5.41) is 14.6. The van der Waals surface area contributed by atoms with Crippen LogP contribution in [0.3, 0.4) is 0 Å². The van der Waals surface area contributed by atoms with Crippen LogP contribution in [0.25, 0.3) is 11.3 Å². The van der Waals surface area contributed by atoms with Gasteiger partial charge in [0.25, 0.3) is 0 Å². The van der Waals surface area contributed by atoms with Gasteiger partial charge in [0.1, 0.15) is 5.82 Å². The number of nitrogens with zero attached hydrogens (tertiary/aromatic N) is 3. The topological polar surface area (TPSA) is 75.6 Å². The predicted octanol–water partition coefficient (Wildman–Crippen LogP) is 3.93. The second-order valence-corrected chi connectivity index (χ2v) is 7.13. The van der Waals surface area contributed by atoms with Gasteiger partial charge in [-0.3, -0.25) is 14.6 Å². The van der Waals surface area contributed by atoms with Crippen molar-refractivity contribution in [1.82, 2.24) is 20.0 Å². The van der Waals surface area contributed by atoms with E-state index in [1.54, 1.807) is 18.3 Å². The molecule has 4 aromatic rings. The van der Waals surface area contributed by atoms with Gasteiger partial charge in [0.05, 0.1) is 18.4 Å². The fourth-order valence-electron chi connectivity index (χ4n) is 3.80.